The Morgan fingerprint density at radius 2 is 2.17 bits per heavy atom. The maximum Gasteiger partial charge on any atom is 0.269 e. The first-order chi connectivity index (χ1) is 11.1. The SMILES string of the molecule is COC1(CC(=O)N2C[C@@H]3C(C(=O)NC4CC4)=NO[C@@H]3C2)CCC1. The van der Waals surface area contributed by atoms with Crippen molar-refractivity contribution in [2.45, 2.75) is 56.3 Å². The van der Waals surface area contributed by atoms with Gasteiger partial charge in [0.05, 0.1) is 24.5 Å². The van der Waals surface area contributed by atoms with Crippen molar-refractivity contribution >= 4 is 17.5 Å². The number of fused-ring (bicyclic) bond motifs is 1. The first kappa shape index (κ1) is 14.9. The van der Waals surface area contributed by atoms with Crippen LogP contribution in [0.15, 0.2) is 5.16 Å². The zero-order valence-electron chi connectivity index (χ0n) is 13.4. The molecule has 126 valence electrons. The van der Waals surface area contributed by atoms with Gasteiger partial charge in [-0.15, -0.1) is 0 Å². The van der Waals surface area contributed by atoms with E-state index in [2.05, 4.69) is 10.5 Å². The summed E-state index contributed by atoms with van der Waals surface area (Å²) in [5.41, 5.74) is 0.179. The summed E-state index contributed by atoms with van der Waals surface area (Å²) < 4.78 is 5.54. The van der Waals surface area contributed by atoms with E-state index in [0.29, 0.717) is 31.3 Å². The topological polar surface area (TPSA) is 80.2 Å². The second-order valence-corrected chi connectivity index (χ2v) is 7.19. The van der Waals surface area contributed by atoms with Crippen LogP contribution in [0.3, 0.4) is 0 Å². The van der Waals surface area contributed by atoms with Gasteiger partial charge in [-0.2, -0.15) is 0 Å². The van der Waals surface area contributed by atoms with Crippen LogP contribution in [0.5, 0.6) is 0 Å². The molecular weight excluding hydrogens is 298 g/mol. The average molecular weight is 321 g/mol. The van der Waals surface area contributed by atoms with Crippen LogP contribution in [0, 0.1) is 5.92 Å². The van der Waals surface area contributed by atoms with Crippen molar-refractivity contribution in [3.8, 4) is 0 Å². The number of carbonyl (C=O) groups excluding carboxylic acids is 2. The zero-order valence-corrected chi connectivity index (χ0v) is 13.4. The smallest absolute Gasteiger partial charge is 0.269 e. The normalized spacial score (nSPS) is 31.0. The first-order valence-corrected chi connectivity index (χ1v) is 8.48. The second kappa shape index (κ2) is 5.47. The molecule has 0 radical (unpaired) electrons. The van der Waals surface area contributed by atoms with Crippen molar-refractivity contribution < 1.29 is 19.2 Å². The summed E-state index contributed by atoms with van der Waals surface area (Å²) in [6, 6.07) is 0.295. The molecule has 1 saturated heterocycles. The van der Waals surface area contributed by atoms with Gasteiger partial charge < -0.3 is 19.8 Å². The number of carbonyl (C=O) groups is 2. The van der Waals surface area contributed by atoms with Gasteiger partial charge in [0.2, 0.25) is 5.91 Å². The maximum atomic E-state index is 12.6. The van der Waals surface area contributed by atoms with Crippen LogP contribution in [0.25, 0.3) is 0 Å². The summed E-state index contributed by atoms with van der Waals surface area (Å²) in [6.07, 6.45) is 5.33. The molecule has 23 heavy (non-hydrogen) atoms. The van der Waals surface area contributed by atoms with Gasteiger partial charge in [-0.25, -0.2) is 0 Å². The van der Waals surface area contributed by atoms with Crippen molar-refractivity contribution in [2.75, 3.05) is 20.2 Å². The summed E-state index contributed by atoms with van der Waals surface area (Å²) in [7, 11) is 1.68. The molecule has 2 saturated carbocycles. The Hall–Kier alpha value is -1.63. The fourth-order valence-corrected chi connectivity index (χ4v) is 3.65. The highest BCUT2D eigenvalue weighted by Crippen LogP contribution is 2.39. The van der Waals surface area contributed by atoms with Gasteiger partial charge in [-0.05, 0) is 32.1 Å². The molecule has 0 aromatic rings. The summed E-state index contributed by atoms with van der Waals surface area (Å²) in [5, 5.41) is 6.90. The predicted molar refractivity (Wildman–Crippen MR) is 81.8 cm³/mol. The molecule has 3 fully saturated rings. The van der Waals surface area contributed by atoms with Gasteiger partial charge >= 0.3 is 0 Å². The third kappa shape index (κ3) is 2.71. The van der Waals surface area contributed by atoms with Gasteiger partial charge in [0.1, 0.15) is 0 Å². The largest absolute Gasteiger partial charge is 0.389 e. The van der Waals surface area contributed by atoms with Crippen LogP contribution < -0.4 is 5.32 Å². The highest BCUT2D eigenvalue weighted by molar-refractivity contribution is 6.40. The number of methoxy groups -OCH3 is 1. The molecule has 2 atom stereocenters. The van der Waals surface area contributed by atoms with Gasteiger partial charge in [0.25, 0.3) is 5.91 Å². The second-order valence-electron chi connectivity index (χ2n) is 7.19. The van der Waals surface area contributed by atoms with Gasteiger partial charge in [0.15, 0.2) is 11.8 Å². The number of amides is 2. The van der Waals surface area contributed by atoms with Crippen molar-refractivity contribution in [2.24, 2.45) is 11.1 Å². The van der Waals surface area contributed by atoms with E-state index in [1.807, 2.05) is 0 Å². The summed E-state index contributed by atoms with van der Waals surface area (Å²) in [6.45, 7) is 1.02. The monoisotopic (exact) mass is 321 g/mol. The summed E-state index contributed by atoms with van der Waals surface area (Å²) in [5.74, 6) is -0.147. The quantitative estimate of drug-likeness (QED) is 0.797. The third-order valence-corrected chi connectivity index (χ3v) is 5.57. The van der Waals surface area contributed by atoms with E-state index in [0.717, 1.165) is 32.1 Å². The van der Waals surface area contributed by atoms with E-state index >= 15 is 0 Å². The molecule has 0 spiro atoms. The molecule has 2 amide bonds. The fourth-order valence-electron chi connectivity index (χ4n) is 3.65. The molecule has 0 bridgehead atoms. The number of ether oxygens (including phenoxy) is 1. The van der Waals surface area contributed by atoms with Crippen LogP contribution in [-0.2, 0) is 19.2 Å². The standard InChI is InChI=1S/C16H23N3O4/c1-22-16(5-2-6-16)7-13(20)19-8-11-12(9-19)23-18-14(11)15(21)17-10-3-4-10/h10-12H,2-9H2,1H3,(H,17,21)/t11-,12+/m0/s1. The Morgan fingerprint density at radius 1 is 1.39 bits per heavy atom. The number of likely N-dealkylation sites (tertiary alicyclic amines) is 1. The van der Waals surface area contributed by atoms with Crippen LogP contribution in [0.2, 0.25) is 0 Å². The Balaban J connectivity index is 1.36. The Kier molecular flexibility index (Phi) is 3.55. The van der Waals surface area contributed by atoms with E-state index in [1.54, 1.807) is 12.0 Å². The van der Waals surface area contributed by atoms with E-state index in [9.17, 15) is 9.59 Å². The molecule has 7 heteroatoms. The number of oxime groups is 1. The third-order valence-electron chi connectivity index (χ3n) is 5.57. The minimum absolute atomic E-state index is 0.0894. The van der Waals surface area contributed by atoms with Crippen molar-refractivity contribution in [3.63, 3.8) is 0 Å². The molecule has 4 rings (SSSR count). The van der Waals surface area contributed by atoms with E-state index in [4.69, 9.17) is 9.57 Å². The van der Waals surface area contributed by atoms with Gasteiger partial charge in [-0.1, -0.05) is 5.16 Å². The zero-order chi connectivity index (χ0) is 16.0. The number of nitrogens with zero attached hydrogens (tertiary/aromatic N) is 2. The molecule has 2 aliphatic carbocycles. The maximum absolute atomic E-state index is 12.6. The minimum Gasteiger partial charge on any atom is -0.389 e. The van der Waals surface area contributed by atoms with Crippen molar-refractivity contribution in [1.82, 2.24) is 10.2 Å². The lowest BCUT2D eigenvalue weighted by molar-refractivity contribution is -0.143. The molecule has 7 nitrogen and oxygen atoms in total. The first-order valence-electron chi connectivity index (χ1n) is 8.48. The molecule has 1 N–H and O–H groups in total. The van der Waals surface area contributed by atoms with Gasteiger partial charge in [-0.3, -0.25) is 9.59 Å². The lowest BCUT2D eigenvalue weighted by Crippen LogP contribution is -2.45. The number of hydrogen-bond acceptors (Lipinski definition) is 5. The highest BCUT2D eigenvalue weighted by Gasteiger charge is 2.48. The number of nitrogens with one attached hydrogen (secondary N) is 1. The molecule has 0 aromatic heterocycles. The molecule has 4 aliphatic rings. The van der Waals surface area contributed by atoms with E-state index in [-0.39, 0.29) is 29.4 Å². The van der Waals surface area contributed by atoms with Crippen molar-refractivity contribution in [1.29, 1.82) is 0 Å². The Labute approximate surface area is 135 Å². The predicted octanol–water partition coefficient (Wildman–Crippen LogP) is 0.437. The van der Waals surface area contributed by atoms with Gasteiger partial charge in [0, 0.05) is 19.7 Å². The minimum atomic E-state index is -0.268. The van der Waals surface area contributed by atoms with Crippen molar-refractivity contribution in [3.05, 3.63) is 0 Å². The van der Waals surface area contributed by atoms with Crippen LogP contribution in [0.4, 0.5) is 0 Å². The van der Waals surface area contributed by atoms with E-state index in [1.165, 1.54) is 0 Å². The molecule has 2 heterocycles. The summed E-state index contributed by atoms with van der Waals surface area (Å²) >= 11 is 0. The molecular formula is C16H23N3O4. The number of hydrogen-bond donors (Lipinski definition) is 1. The van der Waals surface area contributed by atoms with Crippen LogP contribution in [0.1, 0.15) is 38.5 Å². The number of rotatable bonds is 5. The summed E-state index contributed by atoms with van der Waals surface area (Å²) in [4.78, 5) is 31.9. The van der Waals surface area contributed by atoms with E-state index < -0.39 is 0 Å². The van der Waals surface area contributed by atoms with Crippen LogP contribution in [-0.4, -0.2) is 60.4 Å². The average Bonchev–Trinajstić information content (AvgIpc) is 3.06. The fraction of sp³-hybridized carbons (Fsp3) is 0.812. The molecule has 2 aliphatic heterocycles. The molecule has 0 unspecified atom stereocenters. The molecule has 0 aromatic carbocycles. The lowest BCUT2D eigenvalue weighted by atomic mass is 9.77. The highest BCUT2D eigenvalue weighted by atomic mass is 16.6. The Morgan fingerprint density at radius 3 is 2.78 bits per heavy atom. The lowest BCUT2D eigenvalue weighted by Gasteiger charge is -2.40. The Bertz CT molecular complexity index is 548. The van der Waals surface area contributed by atoms with Crippen LogP contribution >= 0.6 is 0 Å².